The maximum atomic E-state index is 11.7. The summed E-state index contributed by atoms with van der Waals surface area (Å²) < 4.78 is 5.29. The first kappa shape index (κ1) is 15.0. The fourth-order valence-corrected chi connectivity index (χ4v) is 3.23. The molecule has 19 heavy (non-hydrogen) atoms. The number of piperidine rings is 1. The Labute approximate surface area is 121 Å². The second-order valence-electron chi connectivity index (χ2n) is 6.74. The van der Waals surface area contributed by atoms with Gasteiger partial charge < -0.3 is 15.0 Å². The highest BCUT2D eigenvalue weighted by Gasteiger charge is 2.33. The molecule has 110 valence electrons. The second-order valence-corrected chi connectivity index (χ2v) is 7.47. The van der Waals surface area contributed by atoms with Gasteiger partial charge in [-0.15, -0.1) is 0 Å². The number of amides is 1. The average Bonchev–Trinajstić information content (AvgIpc) is 2.23. The van der Waals surface area contributed by atoms with Gasteiger partial charge in [-0.3, -0.25) is 0 Å². The summed E-state index contributed by atoms with van der Waals surface area (Å²) in [5.41, 5.74) is -0.418. The highest BCUT2D eigenvalue weighted by atomic mass is 32.1. The first-order chi connectivity index (χ1) is 8.83. The maximum Gasteiger partial charge on any atom is 0.407 e. The zero-order chi connectivity index (χ0) is 14.0. The molecule has 0 aromatic carbocycles. The molecule has 0 aromatic rings. The van der Waals surface area contributed by atoms with Crippen LogP contribution in [-0.2, 0) is 4.74 Å². The Bertz CT molecular complexity index is 316. The van der Waals surface area contributed by atoms with E-state index in [2.05, 4.69) is 22.8 Å². The summed E-state index contributed by atoms with van der Waals surface area (Å²) in [5.74, 6) is 0. The summed E-state index contributed by atoms with van der Waals surface area (Å²) in [4.78, 5) is 14.2. The Morgan fingerprint density at radius 1 is 1.26 bits per heavy atom. The van der Waals surface area contributed by atoms with Gasteiger partial charge in [-0.25, -0.2) is 4.79 Å². The van der Waals surface area contributed by atoms with Gasteiger partial charge in [-0.1, -0.05) is 0 Å². The lowest BCUT2D eigenvalue weighted by atomic mass is 9.88. The number of carbonyl (C=O) groups excluding carboxylic acids is 1. The van der Waals surface area contributed by atoms with Crippen molar-refractivity contribution in [3.8, 4) is 0 Å². The van der Waals surface area contributed by atoms with E-state index in [0.717, 1.165) is 32.0 Å². The van der Waals surface area contributed by atoms with Gasteiger partial charge >= 0.3 is 6.09 Å². The van der Waals surface area contributed by atoms with E-state index >= 15 is 0 Å². The molecule has 1 N–H and O–H groups in total. The van der Waals surface area contributed by atoms with E-state index in [0.29, 0.717) is 5.25 Å². The monoisotopic (exact) mass is 286 g/mol. The van der Waals surface area contributed by atoms with Gasteiger partial charge in [0.15, 0.2) is 0 Å². The van der Waals surface area contributed by atoms with Crippen LogP contribution in [0.4, 0.5) is 4.79 Å². The standard InChI is InChI=1S/C14H26N2O2S/c1-14(2,3)18-13(17)15-10-4-6-16(7-5-10)11-8-12(19)9-11/h10-12,19H,4-9H2,1-3H3,(H,15,17). The van der Waals surface area contributed by atoms with Crippen LogP contribution in [0.5, 0.6) is 0 Å². The Balaban J connectivity index is 1.67. The average molecular weight is 286 g/mol. The Morgan fingerprint density at radius 3 is 2.32 bits per heavy atom. The van der Waals surface area contributed by atoms with E-state index in [9.17, 15) is 4.79 Å². The number of nitrogens with zero attached hydrogens (tertiary/aromatic N) is 1. The molecule has 2 rings (SSSR count). The second kappa shape index (κ2) is 5.92. The van der Waals surface area contributed by atoms with Gasteiger partial charge in [0.2, 0.25) is 0 Å². The van der Waals surface area contributed by atoms with Gasteiger partial charge in [0, 0.05) is 30.4 Å². The van der Waals surface area contributed by atoms with E-state index in [1.165, 1.54) is 12.8 Å². The first-order valence-corrected chi connectivity index (χ1v) is 7.77. The number of likely N-dealkylation sites (tertiary alicyclic amines) is 1. The van der Waals surface area contributed by atoms with Gasteiger partial charge in [0.05, 0.1) is 0 Å². The van der Waals surface area contributed by atoms with E-state index in [1.807, 2.05) is 20.8 Å². The van der Waals surface area contributed by atoms with Crippen molar-refractivity contribution in [2.75, 3.05) is 13.1 Å². The van der Waals surface area contributed by atoms with Crippen LogP contribution in [0.25, 0.3) is 0 Å². The number of ether oxygens (including phenoxy) is 1. The lowest BCUT2D eigenvalue weighted by Gasteiger charge is -2.44. The molecule has 1 aliphatic heterocycles. The molecule has 4 nitrogen and oxygen atoms in total. The molecule has 1 aliphatic carbocycles. The summed E-state index contributed by atoms with van der Waals surface area (Å²) in [6.07, 6.45) is 4.19. The molecule has 0 radical (unpaired) electrons. The molecule has 0 spiro atoms. The van der Waals surface area contributed by atoms with Crippen LogP contribution in [-0.4, -0.2) is 47.0 Å². The minimum absolute atomic E-state index is 0.262. The number of carbonyl (C=O) groups is 1. The highest BCUT2D eigenvalue weighted by molar-refractivity contribution is 7.81. The highest BCUT2D eigenvalue weighted by Crippen LogP contribution is 2.31. The van der Waals surface area contributed by atoms with Crippen LogP contribution >= 0.6 is 12.6 Å². The Kier molecular flexibility index (Phi) is 4.66. The van der Waals surface area contributed by atoms with Crippen molar-refractivity contribution in [3.05, 3.63) is 0 Å². The molecule has 0 unspecified atom stereocenters. The molecule has 1 heterocycles. The lowest BCUT2D eigenvalue weighted by molar-refractivity contribution is 0.0448. The molecule has 1 saturated carbocycles. The van der Waals surface area contributed by atoms with Gasteiger partial charge in [-0.2, -0.15) is 12.6 Å². The summed E-state index contributed by atoms with van der Waals surface area (Å²) in [6.45, 7) is 7.82. The van der Waals surface area contributed by atoms with Crippen molar-refractivity contribution >= 4 is 18.7 Å². The van der Waals surface area contributed by atoms with Crippen molar-refractivity contribution in [3.63, 3.8) is 0 Å². The van der Waals surface area contributed by atoms with Crippen LogP contribution in [0.1, 0.15) is 46.5 Å². The maximum absolute atomic E-state index is 11.7. The van der Waals surface area contributed by atoms with Crippen LogP contribution in [0.15, 0.2) is 0 Å². The largest absolute Gasteiger partial charge is 0.444 e. The summed E-state index contributed by atoms with van der Waals surface area (Å²) in [7, 11) is 0. The molecular formula is C14H26N2O2S. The van der Waals surface area contributed by atoms with Crippen molar-refractivity contribution in [1.29, 1.82) is 0 Å². The molecule has 2 fully saturated rings. The topological polar surface area (TPSA) is 41.6 Å². The quantitative estimate of drug-likeness (QED) is 0.766. The van der Waals surface area contributed by atoms with Crippen LogP contribution in [0.2, 0.25) is 0 Å². The molecule has 0 atom stereocenters. The van der Waals surface area contributed by atoms with E-state index in [1.54, 1.807) is 0 Å². The molecule has 2 aliphatic rings. The fourth-order valence-electron chi connectivity index (χ4n) is 2.74. The van der Waals surface area contributed by atoms with Crippen LogP contribution < -0.4 is 5.32 Å². The van der Waals surface area contributed by atoms with Gasteiger partial charge in [0.25, 0.3) is 0 Å². The zero-order valence-corrected chi connectivity index (χ0v) is 13.1. The number of rotatable bonds is 2. The molecule has 0 bridgehead atoms. The number of hydrogen-bond donors (Lipinski definition) is 2. The minimum Gasteiger partial charge on any atom is -0.444 e. The SMILES string of the molecule is CC(C)(C)OC(=O)NC1CCN(C2CC(S)C2)CC1. The lowest BCUT2D eigenvalue weighted by Crippen LogP contribution is -2.52. The van der Waals surface area contributed by atoms with Crippen molar-refractivity contribution < 1.29 is 9.53 Å². The molecule has 5 heteroatoms. The van der Waals surface area contributed by atoms with E-state index in [-0.39, 0.29) is 12.1 Å². The fraction of sp³-hybridized carbons (Fsp3) is 0.929. The first-order valence-electron chi connectivity index (χ1n) is 7.25. The zero-order valence-electron chi connectivity index (χ0n) is 12.2. The van der Waals surface area contributed by atoms with Crippen LogP contribution in [0.3, 0.4) is 0 Å². The third-order valence-electron chi connectivity index (χ3n) is 3.86. The minimum atomic E-state index is -0.418. The molecule has 0 aromatic heterocycles. The molecule has 1 saturated heterocycles. The normalized spacial score (nSPS) is 29.7. The third-order valence-corrected chi connectivity index (χ3v) is 4.28. The van der Waals surface area contributed by atoms with E-state index < -0.39 is 5.60 Å². The van der Waals surface area contributed by atoms with E-state index in [4.69, 9.17) is 4.74 Å². The molecular weight excluding hydrogens is 260 g/mol. The van der Waals surface area contributed by atoms with Crippen molar-refractivity contribution in [2.45, 2.75) is 69.4 Å². The number of thiol groups is 1. The van der Waals surface area contributed by atoms with Gasteiger partial charge in [-0.05, 0) is 46.5 Å². The third kappa shape index (κ3) is 4.56. The Hall–Kier alpha value is -0.420. The number of alkyl carbamates (subject to hydrolysis) is 1. The smallest absolute Gasteiger partial charge is 0.407 e. The predicted octanol–water partition coefficient (Wildman–Crippen LogP) is 2.44. The van der Waals surface area contributed by atoms with Crippen molar-refractivity contribution in [1.82, 2.24) is 10.2 Å². The Morgan fingerprint density at radius 2 is 1.84 bits per heavy atom. The van der Waals surface area contributed by atoms with Crippen molar-refractivity contribution in [2.24, 2.45) is 0 Å². The summed E-state index contributed by atoms with van der Waals surface area (Å²) >= 11 is 4.47. The summed E-state index contributed by atoms with van der Waals surface area (Å²) in [5, 5.41) is 3.58. The predicted molar refractivity (Wildman–Crippen MR) is 79.8 cm³/mol. The van der Waals surface area contributed by atoms with Gasteiger partial charge in [0.1, 0.15) is 5.60 Å². The number of nitrogens with one attached hydrogen (secondary N) is 1. The number of hydrogen-bond acceptors (Lipinski definition) is 4. The van der Waals surface area contributed by atoms with Crippen LogP contribution in [0, 0.1) is 0 Å². The summed E-state index contributed by atoms with van der Waals surface area (Å²) in [6, 6.07) is 0.989. The molecule has 1 amide bonds.